The maximum absolute atomic E-state index is 6.46. The Morgan fingerprint density at radius 3 is 2.67 bits per heavy atom. The molecular formula is C15H18ClN5. The minimum atomic E-state index is -0.409. The zero-order chi connectivity index (χ0) is 15.1. The summed E-state index contributed by atoms with van der Waals surface area (Å²) < 4.78 is 3.70. The topological polar surface area (TPSA) is 61.7 Å². The zero-order valence-electron chi connectivity index (χ0n) is 12.3. The highest BCUT2D eigenvalue weighted by Crippen LogP contribution is 2.31. The summed E-state index contributed by atoms with van der Waals surface area (Å²) in [4.78, 5) is 0. The molecule has 0 amide bonds. The summed E-state index contributed by atoms with van der Waals surface area (Å²) in [5.74, 6) is 0. The van der Waals surface area contributed by atoms with Gasteiger partial charge in [-0.2, -0.15) is 10.2 Å². The summed E-state index contributed by atoms with van der Waals surface area (Å²) in [6, 6.07) is 7.82. The number of benzene rings is 1. The molecule has 6 heteroatoms. The summed E-state index contributed by atoms with van der Waals surface area (Å²) in [6.07, 6.45) is 1.64. The van der Waals surface area contributed by atoms with Gasteiger partial charge in [0.1, 0.15) is 0 Å². The molecule has 2 N–H and O–H groups in total. The molecule has 0 aliphatic heterocycles. The van der Waals surface area contributed by atoms with Gasteiger partial charge in [-0.1, -0.05) is 29.8 Å². The van der Waals surface area contributed by atoms with Gasteiger partial charge in [-0.15, -0.1) is 0 Å². The van der Waals surface area contributed by atoms with Gasteiger partial charge in [-0.3, -0.25) is 9.36 Å². The van der Waals surface area contributed by atoms with Crippen molar-refractivity contribution in [3.63, 3.8) is 0 Å². The van der Waals surface area contributed by atoms with Gasteiger partial charge in [-0.05, 0) is 19.9 Å². The summed E-state index contributed by atoms with van der Waals surface area (Å²) in [5, 5.41) is 10.5. The van der Waals surface area contributed by atoms with Crippen molar-refractivity contribution >= 4 is 22.5 Å². The number of para-hydroxylation sites is 1. The van der Waals surface area contributed by atoms with Crippen LogP contribution in [0.25, 0.3) is 10.9 Å². The Kier molecular flexibility index (Phi) is 3.47. The van der Waals surface area contributed by atoms with Crippen molar-refractivity contribution in [3.05, 3.63) is 46.9 Å². The molecule has 0 fully saturated rings. The van der Waals surface area contributed by atoms with E-state index in [-0.39, 0.29) is 6.04 Å². The van der Waals surface area contributed by atoms with Gasteiger partial charge in [0.05, 0.1) is 34.2 Å². The zero-order valence-corrected chi connectivity index (χ0v) is 13.0. The summed E-state index contributed by atoms with van der Waals surface area (Å²) in [7, 11) is 1.92. The van der Waals surface area contributed by atoms with Gasteiger partial charge in [0.25, 0.3) is 0 Å². The van der Waals surface area contributed by atoms with Crippen molar-refractivity contribution in [2.45, 2.75) is 25.9 Å². The van der Waals surface area contributed by atoms with E-state index in [1.54, 1.807) is 6.20 Å². The van der Waals surface area contributed by atoms with Crippen molar-refractivity contribution in [3.8, 4) is 0 Å². The Balaban J connectivity index is 2.17. The minimum Gasteiger partial charge on any atom is -0.318 e. The first kappa shape index (κ1) is 14.1. The lowest BCUT2D eigenvalue weighted by atomic mass is 10.1. The standard InChI is InChI=1S/C15H18ClN5/c1-9(2)21-15(11(16)8-18-21)13(17)14-10-6-4-5-7-12(10)20(3)19-14/h4-9,13H,17H2,1-3H3. The van der Waals surface area contributed by atoms with E-state index in [0.29, 0.717) is 5.02 Å². The molecule has 5 nitrogen and oxygen atoms in total. The number of aryl methyl sites for hydroxylation is 1. The Bertz CT molecular complexity index is 787. The SMILES string of the molecule is CC(C)n1ncc(Cl)c1C(N)c1nn(C)c2ccccc12. The van der Waals surface area contributed by atoms with Crippen LogP contribution in [-0.4, -0.2) is 19.6 Å². The van der Waals surface area contributed by atoms with E-state index in [0.717, 1.165) is 22.3 Å². The molecule has 2 heterocycles. The summed E-state index contributed by atoms with van der Waals surface area (Å²) in [5.41, 5.74) is 9.13. The number of nitrogens with zero attached hydrogens (tertiary/aromatic N) is 4. The van der Waals surface area contributed by atoms with E-state index < -0.39 is 6.04 Å². The van der Waals surface area contributed by atoms with Crippen molar-refractivity contribution in [1.29, 1.82) is 0 Å². The fourth-order valence-electron chi connectivity index (χ4n) is 2.65. The molecule has 1 aromatic carbocycles. The number of hydrogen-bond acceptors (Lipinski definition) is 3. The van der Waals surface area contributed by atoms with Crippen molar-refractivity contribution in [2.75, 3.05) is 0 Å². The van der Waals surface area contributed by atoms with E-state index in [9.17, 15) is 0 Å². The molecule has 2 aromatic heterocycles. The van der Waals surface area contributed by atoms with Crippen LogP contribution in [0.1, 0.15) is 37.3 Å². The molecule has 3 aromatic rings. The maximum atomic E-state index is 6.46. The Labute approximate surface area is 128 Å². The Hall–Kier alpha value is -1.85. The number of rotatable bonds is 3. The van der Waals surface area contributed by atoms with Gasteiger partial charge in [0.15, 0.2) is 0 Å². The van der Waals surface area contributed by atoms with E-state index in [2.05, 4.69) is 24.0 Å². The number of fused-ring (bicyclic) bond motifs is 1. The first-order valence-electron chi connectivity index (χ1n) is 6.90. The molecule has 0 bridgehead atoms. The molecule has 0 radical (unpaired) electrons. The molecule has 1 unspecified atom stereocenters. The van der Waals surface area contributed by atoms with Crippen LogP contribution < -0.4 is 5.73 Å². The molecule has 110 valence electrons. The van der Waals surface area contributed by atoms with E-state index >= 15 is 0 Å². The first-order valence-corrected chi connectivity index (χ1v) is 7.28. The molecule has 0 saturated heterocycles. The third kappa shape index (κ3) is 2.22. The van der Waals surface area contributed by atoms with Crippen LogP contribution in [0.15, 0.2) is 30.5 Å². The molecular weight excluding hydrogens is 286 g/mol. The van der Waals surface area contributed by atoms with Crippen molar-refractivity contribution < 1.29 is 0 Å². The third-order valence-electron chi connectivity index (χ3n) is 3.65. The largest absolute Gasteiger partial charge is 0.318 e. The van der Waals surface area contributed by atoms with Crippen LogP contribution >= 0.6 is 11.6 Å². The average Bonchev–Trinajstić information content (AvgIpc) is 3.00. The second-order valence-corrected chi connectivity index (χ2v) is 5.83. The maximum Gasteiger partial charge on any atom is 0.0937 e. The lowest BCUT2D eigenvalue weighted by Crippen LogP contribution is -2.20. The quantitative estimate of drug-likeness (QED) is 0.809. The fourth-order valence-corrected chi connectivity index (χ4v) is 2.90. The Morgan fingerprint density at radius 2 is 1.95 bits per heavy atom. The lowest BCUT2D eigenvalue weighted by Gasteiger charge is -2.16. The molecule has 0 aliphatic carbocycles. The molecule has 0 spiro atoms. The predicted octanol–water partition coefficient (Wildman–Crippen LogP) is 3.05. The van der Waals surface area contributed by atoms with Crippen LogP contribution in [0.3, 0.4) is 0 Å². The van der Waals surface area contributed by atoms with Gasteiger partial charge in [0.2, 0.25) is 0 Å². The predicted molar refractivity (Wildman–Crippen MR) is 84.4 cm³/mol. The van der Waals surface area contributed by atoms with Crippen LogP contribution in [0.4, 0.5) is 0 Å². The van der Waals surface area contributed by atoms with Gasteiger partial charge in [0, 0.05) is 18.5 Å². The highest BCUT2D eigenvalue weighted by Gasteiger charge is 2.24. The highest BCUT2D eigenvalue weighted by molar-refractivity contribution is 6.31. The molecule has 0 aliphatic rings. The second-order valence-electron chi connectivity index (χ2n) is 5.42. The van der Waals surface area contributed by atoms with Crippen LogP contribution in [0, 0.1) is 0 Å². The number of aromatic nitrogens is 4. The normalized spacial score (nSPS) is 13.2. The lowest BCUT2D eigenvalue weighted by molar-refractivity contribution is 0.497. The molecule has 1 atom stereocenters. The number of nitrogens with two attached hydrogens (primary N) is 1. The van der Waals surface area contributed by atoms with Gasteiger partial charge in [-0.25, -0.2) is 0 Å². The highest BCUT2D eigenvalue weighted by atomic mass is 35.5. The monoisotopic (exact) mass is 303 g/mol. The van der Waals surface area contributed by atoms with Gasteiger partial charge < -0.3 is 5.73 Å². The third-order valence-corrected chi connectivity index (χ3v) is 3.94. The molecule has 21 heavy (non-hydrogen) atoms. The van der Waals surface area contributed by atoms with Crippen LogP contribution in [0.5, 0.6) is 0 Å². The van der Waals surface area contributed by atoms with E-state index in [1.807, 2.05) is 40.7 Å². The molecule has 3 rings (SSSR count). The van der Waals surface area contributed by atoms with Crippen molar-refractivity contribution in [1.82, 2.24) is 19.6 Å². The Morgan fingerprint density at radius 1 is 1.24 bits per heavy atom. The van der Waals surface area contributed by atoms with Crippen molar-refractivity contribution in [2.24, 2.45) is 12.8 Å². The molecule has 0 saturated carbocycles. The first-order chi connectivity index (χ1) is 10.0. The number of hydrogen-bond donors (Lipinski definition) is 1. The van der Waals surface area contributed by atoms with Crippen LogP contribution in [0.2, 0.25) is 5.02 Å². The van der Waals surface area contributed by atoms with E-state index in [1.165, 1.54) is 0 Å². The summed E-state index contributed by atoms with van der Waals surface area (Å²) in [6.45, 7) is 4.10. The van der Waals surface area contributed by atoms with Crippen LogP contribution in [-0.2, 0) is 7.05 Å². The smallest absolute Gasteiger partial charge is 0.0937 e. The average molecular weight is 304 g/mol. The fraction of sp³-hybridized carbons (Fsp3) is 0.333. The summed E-state index contributed by atoms with van der Waals surface area (Å²) >= 11 is 6.29. The minimum absolute atomic E-state index is 0.188. The van der Waals surface area contributed by atoms with E-state index in [4.69, 9.17) is 17.3 Å². The van der Waals surface area contributed by atoms with Gasteiger partial charge >= 0.3 is 0 Å². The second kappa shape index (κ2) is 5.16. The number of halogens is 1.